The normalized spacial score (nSPS) is 17.1. The minimum atomic E-state index is 0.0835. The molecular formula is C18H32N6O. The fourth-order valence-corrected chi connectivity index (χ4v) is 3.19. The molecule has 1 atom stereocenters. The molecule has 0 radical (unpaired) electrons. The van der Waals surface area contributed by atoms with Gasteiger partial charge in [0, 0.05) is 39.9 Å². The molecule has 0 bridgehead atoms. The summed E-state index contributed by atoms with van der Waals surface area (Å²) in [4.78, 5) is 20.8. The van der Waals surface area contributed by atoms with Crippen LogP contribution in [0.25, 0.3) is 0 Å². The third-order valence-corrected chi connectivity index (χ3v) is 4.83. The standard InChI is InChI=1S/C18H32N6O/c1-5-7-8-15(6-2)11-20-18(19-3)23-9-10-24(17(25)14-23)16-12-21-22(4)13-16/h12-13,15H,5-11,14H2,1-4H3,(H,19,20). The molecule has 1 unspecified atom stereocenters. The SMILES string of the molecule is CCCCC(CC)CNC(=NC)N1CCN(c2cnn(C)c2)C(=O)C1. The lowest BCUT2D eigenvalue weighted by Crippen LogP contribution is -2.55. The Balaban J connectivity index is 1.89. The third-order valence-electron chi connectivity index (χ3n) is 4.83. The van der Waals surface area contributed by atoms with Crippen molar-refractivity contribution >= 4 is 17.6 Å². The number of aromatic nitrogens is 2. The Hall–Kier alpha value is -2.05. The monoisotopic (exact) mass is 348 g/mol. The van der Waals surface area contributed by atoms with E-state index < -0.39 is 0 Å². The molecule has 0 aromatic carbocycles. The summed E-state index contributed by atoms with van der Waals surface area (Å²) in [7, 11) is 3.64. The van der Waals surface area contributed by atoms with Crippen molar-refractivity contribution in [2.24, 2.45) is 18.0 Å². The van der Waals surface area contributed by atoms with Crippen LogP contribution in [0.5, 0.6) is 0 Å². The molecule has 1 amide bonds. The lowest BCUT2D eigenvalue weighted by Gasteiger charge is -2.35. The maximum absolute atomic E-state index is 12.5. The zero-order chi connectivity index (χ0) is 18.2. The maximum Gasteiger partial charge on any atom is 0.246 e. The number of aliphatic imine (C=N–C) groups is 1. The smallest absolute Gasteiger partial charge is 0.246 e. The number of hydrogen-bond donors (Lipinski definition) is 1. The van der Waals surface area contributed by atoms with E-state index in [9.17, 15) is 4.79 Å². The second-order valence-electron chi connectivity index (χ2n) is 6.68. The number of aryl methyl sites for hydroxylation is 1. The molecule has 1 aliphatic heterocycles. The summed E-state index contributed by atoms with van der Waals surface area (Å²) in [6.07, 6.45) is 8.51. The van der Waals surface area contributed by atoms with Gasteiger partial charge in [0.05, 0.1) is 11.9 Å². The van der Waals surface area contributed by atoms with E-state index in [1.54, 1.807) is 22.8 Å². The van der Waals surface area contributed by atoms with Crippen LogP contribution in [0.4, 0.5) is 5.69 Å². The summed E-state index contributed by atoms with van der Waals surface area (Å²) in [5, 5.41) is 7.62. The predicted octanol–water partition coefficient (Wildman–Crippen LogP) is 1.86. The maximum atomic E-state index is 12.5. The highest BCUT2D eigenvalue weighted by Gasteiger charge is 2.27. The first-order valence-corrected chi connectivity index (χ1v) is 9.33. The van der Waals surface area contributed by atoms with Crippen molar-refractivity contribution in [1.82, 2.24) is 20.0 Å². The highest BCUT2D eigenvalue weighted by Crippen LogP contribution is 2.16. The quantitative estimate of drug-likeness (QED) is 0.603. The summed E-state index contributed by atoms with van der Waals surface area (Å²) in [5.74, 6) is 1.57. The largest absolute Gasteiger partial charge is 0.356 e. The van der Waals surface area contributed by atoms with E-state index in [4.69, 9.17) is 0 Å². The molecule has 1 aliphatic rings. The van der Waals surface area contributed by atoms with Crippen molar-refractivity contribution in [1.29, 1.82) is 0 Å². The minimum absolute atomic E-state index is 0.0835. The van der Waals surface area contributed by atoms with Crippen molar-refractivity contribution in [2.45, 2.75) is 39.5 Å². The number of nitrogens with zero attached hydrogens (tertiary/aromatic N) is 5. The number of unbranched alkanes of at least 4 members (excludes halogenated alkanes) is 1. The second-order valence-corrected chi connectivity index (χ2v) is 6.68. The van der Waals surface area contributed by atoms with E-state index in [-0.39, 0.29) is 5.91 Å². The van der Waals surface area contributed by atoms with Gasteiger partial charge in [0.1, 0.15) is 6.54 Å². The number of guanidine groups is 1. The van der Waals surface area contributed by atoms with Gasteiger partial charge in [-0.05, 0) is 12.3 Å². The molecule has 7 nitrogen and oxygen atoms in total. The van der Waals surface area contributed by atoms with Gasteiger partial charge in [-0.1, -0.05) is 33.1 Å². The van der Waals surface area contributed by atoms with Gasteiger partial charge in [-0.2, -0.15) is 5.10 Å². The molecule has 2 heterocycles. The van der Waals surface area contributed by atoms with E-state index in [0.29, 0.717) is 19.0 Å². The summed E-state index contributed by atoms with van der Waals surface area (Å²) >= 11 is 0. The fourth-order valence-electron chi connectivity index (χ4n) is 3.19. The molecule has 0 saturated carbocycles. The molecule has 0 spiro atoms. The number of carbonyl (C=O) groups is 1. The fraction of sp³-hybridized carbons (Fsp3) is 0.722. The Morgan fingerprint density at radius 3 is 2.76 bits per heavy atom. The average Bonchev–Trinajstić information content (AvgIpc) is 3.04. The van der Waals surface area contributed by atoms with Crippen molar-refractivity contribution in [2.75, 3.05) is 38.1 Å². The van der Waals surface area contributed by atoms with Crippen molar-refractivity contribution in [3.63, 3.8) is 0 Å². The second kappa shape index (κ2) is 9.44. The highest BCUT2D eigenvalue weighted by atomic mass is 16.2. The van der Waals surface area contributed by atoms with Gasteiger partial charge in [-0.25, -0.2) is 0 Å². The van der Waals surface area contributed by atoms with E-state index in [1.165, 1.54) is 19.3 Å². The number of anilines is 1. The third kappa shape index (κ3) is 5.21. The van der Waals surface area contributed by atoms with Crippen molar-refractivity contribution in [3.8, 4) is 0 Å². The zero-order valence-electron chi connectivity index (χ0n) is 16.0. The topological polar surface area (TPSA) is 65.8 Å². The first-order valence-electron chi connectivity index (χ1n) is 9.33. The van der Waals surface area contributed by atoms with Crippen molar-refractivity contribution < 1.29 is 4.79 Å². The first kappa shape index (κ1) is 19.3. The van der Waals surface area contributed by atoms with Crippen LogP contribution in [0, 0.1) is 5.92 Å². The molecule has 1 aromatic rings. The Morgan fingerprint density at radius 1 is 1.40 bits per heavy atom. The van der Waals surface area contributed by atoms with Crippen LogP contribution in [0.1, 0.15) is 39.5 Å². The molecule has 25 heavy (non-hydrogen) atoms. The number of nitrogens with one attached hydrogen (secondary N) is 1. The lowest BCUT2D eigenvalue weighted by atomic mass is 9.99. The summed E-state index contributed by atoms with van der Waals surface area (Å²) in [5.41, 5.74) is 0.862. The van der Waals surface area contributed by atoms with E-state index in [0.717, 1.165) is 31.2 Å². The number of amides is 1. The van der Waals surface area contributed by atoms with Crippen molar-refractivity contribution in [3.05, 3.63) is 12.4 Å². The van der Waals surface area contributed by atoms with Gasteiger partial charge in [0.2, 0.25) is 5.91 Å². The van der Waals surface area contributed by atoms with Crippen LogP contribution in [-0.4, -0.2) is 59.8 Å². The molecule has 0 aliphatic carbocycles. The van der Waals surface area contributed by atoms with E-state index in [1.807, 2.05) is 18.1 Å². The number of carbonyl (C=O) groups excluding carboxylic acids is 1. The molecule has 7 heteroatoms. The predicted molar refractivity (Wildman–Crippen MR) is 102 cm³/mol. The Bertz CT molecular complexity index is 582. The van der Waals surface area contributed by atoms with Crippen LogP contribution in [0.3, 0.4) is 0 Å². The Morgan fingerprint density at radius 2 is 2.20 bits per heavy atom. The van der Waals surface area contributed by atoms with Gasteiger partial charge in [-0.3, -0.25) is 14.5 Å². The van der Waals surface area contributed by atoms with Gasteiger partial charge < -0.3 is 15.1 Å². The van der Waals surface area contributed by atoms with Gasteiger partial charge in [0.15, 0.2) is 5.96 Å². The number of piperazine rings is 1. The molecule has 1 fully saturated rings. The lowest BCUT2D eigenvalue weighted by molar-refractivity contribution is -0.120. The van der Waals surface area contributed by atoms with Gasteiger partial charge in [0.25, 0.3) is 0 Å². The molecular weight excluding hydrogens is 316 g/mol. The summed E-state index contributed by atoms with van der Waals surface area (Å²) in [6.45, 7) is 7.15. The Labute approximate surface area is 151 Å². The highest BCUT2D eigenvalue weighted by molar-refractivity contribution is 5.98. The Kier molecular flexibility index (Phi) is 7.28. The van der Waals surface area contributed by atoms with Crippen LogP contribution >= 0.6 is 0 Å². The first-order chi connectivity index (χ1) is 12.1. The molecule has 1 N–H and O–H groups in total. The summed E-state index contributed by atoms with van der Waals surface area (Å²) in [6, 6.07) is 0. The van der Waals surface area contributed by atoms with Crippen LogP contribution in [0.2, 0.25) is 0 Å². The zero-order valence-corrected chi connectivity index (χ0v) is 16.0. The molecule has 1 aromatic heterocycles. The number of rotatable bonds is 7. The molecule has 2 rings (SSSR count). The van der Waals surface area contributed by atoms with Crippen LogP contribution in [0.15, 0.2) is 17.4 Å². The van der Waals surface area contributed by atoms with E-state index >= 15 is 0 Å². The minimum Gasteiger partial charge on any atom is -0.356 e. The molecule has 140 valence electrons. The van der Waals surface area contributed by atoms with E-state index in [2.05, 4.69) is 29.3 Å². The van der Waals surface area contributed by atoms with Crippen LogP contribution in [-0.2, 0) is 11.8 Å². The van der Waals surface area contributed by atoms with Crippen LogP contribution < -0.4 is 10.2 Å². The van der Waals surface area contributed by atoms with Gasteiger partial charge >= 0.3 is 0 Å². The molecule has 1 saturated heterocycles. The average molecular weight is 348 g/mol. The number of hydrogen-bond acceptors (Lipinski definition) is 3. The van der Waals surface area contributed by atoms with Gasteiger partial charge in [-0.15, -0.1) is 0 Å². The summed E-state index contributed by atoms with van der Waals surface area (Å²) < 4.78 is 1.72.